The number of fused-ring (bicyclic) bond motifs is 1. The number of anilines is 1. The Labute approximate surface area is 139 Å². The van der Waals surface area contributed by atoms with Gasteiger partial charge in [-0.1, -0.05) is 18.2 Å². The molecule has 0 bridgehead atoms. The highest BCUT2D eigenvalue weighted by Crippen LogP contribution is 2.24. The summed E-state index contributed by atoms with van der Waals surface area (Å²) in [6, 6.07) is 8.15. The standard InChI is InChI=1S/C17H18N4O3/c1-21-10-11(12-6-4-5-7-14(12)21)8-15(22)19-13-9-18-17(24-3)20-16(13)23-2/h4-7,9-10H,8H2,1-3H3,(H,19,22). The van der Waals surface area contributed by atoms with Crippen molar-refractivity contribution in [1.82, 2.24) is 14.5 Å². The summed E-state index contributed by atoms with van der Waals surface area (Å²) in [4.78, 5) is 20.4. The first-order valence-electron chi connectivity index (χ1n) is 7.40. The number of aromatic nitrogens is 3. The second kappa shape index (κ2) is 6.57. The van der Waals surface area contributed by atoms with Crippen LogP contribution in [0.5, 0.6) is 11.9 Å². The molecule has 0 saturated carbocycles. The van der Waals surface area contributed by atoms with Crippen molar-refractivity contribution in [3.05, 3.63) is 42.2 Å². The van der Waals surface area contributed by atoms with Crippen LogP contribution in [-0.4, -0.2) is 34.7 Å². The van der Waals surface area contributed by atoms with Crippen LogP contribution in [0.2, 0.25) is 0 Å². The van der Waals surface area contributed by atoms with Crippen LogP contribution in [-0.2, 0) is 18.3 Å². The van der Waals surface area contributed by atoms with Crippen molar-refractivity contribution in [1.29, 1.82) is 0 Å². The average Bonchev–Trinajstić information content (AvgIpc) is 2.91. The van der Waals surface area contributed by atoms with Gasteiger partial charge in [0.15, 0.2) is 0 Å². The molecule has 0 unspecified atom stereocenters. The number of nitrogens with zero attached hydrogens (tertiary/aromatic N) is 3. The van der Waals surface area contributed by atoms with E-state index in [-0.39, 0.29) is 24.2 Å². The number of para-hydroxylation sites is 1. The van der Waals surface area contributed by atoms with Crippen molar-refractivity contribution in [3.8, 4) is 11.9 Å². The van der Waals surface area contributed by atoms with Crippen molar-refractivity contribution < 1.29 is 14.3 Å². The van der Waals surface area contributed by atoms with Gasteiger partial charge >= 0.3 is 6.01 Å². The van der Waals surface area contributed by atoms with Gasteiger partial charge in [0.25, 0.3) is 0 Å². The molecule has 7 heteroatoms. The number of rotatable bonds is 5. The van der Waals surface area contributed by atoms with Gasteiger partial charge in [-0.05, 0) is 11.6 Å². The molecule has 1 amide bonds. The SMILES string of the molecule is COc1ncc(NC(=O)Cc2cn(C)c3ccccc23)c(OC)n1. The van der Waals surface area contributed by atoms with Gasteiger partial charge in [0.2, 0.25) is 11.8 Å². The Kier molecular flexibility index (Phi) is 4.33. The Hall–Kier alpha value is -3.09. The molecule has 0 spiro atoms. The van der Waals surface area contributed by atoms with Crippen LogP contribution in [0.15, 0.2) is 36.7 Å². The molecule has 0 aliphatic rings. The molecule has 7 nitrogen and oxygen atoms in total. The lowest BCUT2D eigenvalue weighted by Gasteiger charge is -2.09. The lowest BCUT2D eigenvalue weighted by Crippen LogP contribution is -2.15. The number of nitrogens with one attached hydrogen (secondary N) is 1. The number of amides is 1. The molecule has 3 rings (SSSR count). The molecule has 24 heavy (non-hydrogen) atoms. The Morgan fingerprint density at radius 1 is 1.25 bits per heavy atom. The summed E-state index contributed by atoms with van der Waals surface area (Å²) in [5, 5.41) is 3.84. The van der Waals surface area contributed by atoms with Gasteiger partial charge in [0.1, 0.15) is 5.69 Å². The van der Waals surface area contributed by atoms with Crippen molar-refractivity contribution in [2.45, 2.75) is 6.42 Å². The molecular formula is C17H18N4O3. The molecule has 1 N–H and O–H groups in total. The molecular weight excluding hydrogens is 308 g/mol. The fourth-order valence-corrected chi connectivity index (χ4v) is 2.62. The Balaban J connectivity index is 1.80. The normalized spacial score (nSPS) is 10.6. The zero-order valence-corrected chi connectivity index (χ0v) is 13.7. The van der Waals surface area contributed by atoms with Gasteiger partial charge in [-0.15, -0.1) is 0 Å². The first kappa shape index (κ1) is 15.8. The number of carbonyl (C=O) groups excluding carboxylic acids is 1. The van der Waals surface area contributed by atoms with E-state index in [4.69, 9.17) is 9.47 Å². The van der Waals surface area contributed by atoms with Crippen molar-refractivity contribution in [2.75, 3.05) is 19.5 Å². The van der Waals surface area contributed by atoms with Crippen LogP contribution >= 0.6 is 0 Å². The molecule has 3 aromatic rings. The van der Waals surface area contributed by atoms with Crippen LogP contribution in [0.4, 0.5) is 5.69 Å². The summed E-state index contributed by atoms with van der Waals surface area (Å²) >= 11 is 0. The predicted molar refractivity (Wildman–Crippen MR) is 90.4 cm³/mol. The maximum atomic E-state index is 12.4. The third-order valence-corrected chi connectivity index (χ3v) is 3.71. The van der Waals surface area contributed by atoms with E-state index in [1.165, 1.54) is 20.4 Å². The summed E-state index contributed by atoms with van der Waals surface area (Å²) < 4.78 is 12.1. The minimum Gasteiger partial charge on any atom is -0.479 e. The van der Waals surface area contributed by atoms with Crippen LogP contribution in [0, 0.1) is 0 Å². The van der Waals surface area contributed by atoms with E-state index in [2.05, 4.69) is 15.3 Å². The number of hydrogen-bond donors (Lipinski definition) is 1. The third kappa shape index (κ3) is 3.01. The van der Waals surface area contributed by atoms with E-state index in [1.807, 2.05) is 42.1 Å². The van der Waals surface area contributed by atoms with Gasteiger partial charge in [0.05, 0.1) is 26.8 Å². The van der Waals surface area contributed by atoms with Gasteiger partial charge in [0, 0.05) is 24.1 Å². The minimum absolute atomic E-state index is 0.168. The fourth-order valence-electron chi connectivity index (χ4n) is 2.62. The molecule has 2 heterocycles. The third-order valence-electron chi connectivity index (χ3n) is 3.71. The molecule has 0 atom stereocenters. The molecule has 124 valence electrons. The maximum Gasteiger partial charge on any atom is 0.319 e. The topological polar surface area (TPSA) is 78.3 Å². The zero-order chi connectivity index (χ0) is 17.1. The lowest BCUT2D eigenvalue weighted by molar-refractivity contribution is -0.115. The smallest absolute Gasteiger partial charge is 0.319 e. The van der Waals surface area contributed by atoms with Gasteiger partial charge in [-0.25, -0.2) is 4.98 Å². The summed E-state index contributed by atoms with van der Waals surface area (Å²) in [5.41, 5.74) is 2.45. The number of hydrogen-bond acceptors (Lipinski definition) is 5. The largest absolute Gasteiger partial charge is 0.479 e. The molecule has 0 fully saturated rings. The van der Waals surface area contributed by atoms with Crippen molar-refractivity contribution >= 4 is 22.5 Å². The first-order chi connectivity index (χ1) is 11.6. The summed E-state index contributed by atoms with van der Waals surface area (Å²) in [7, 11) is 4.90. The highest BCUT2D eigenvalue weighted by Gasteiger charge is 2.14. The Bertz CT molecular complexity index is 889. The molecule has 1 aromatic carbocycles. The van der Waals surface area contributed by atoms with Crippen LogP contribution in [0.3, 0.4) is 0 Å². The minimum atomic E-state index is -0.168. The monoisotopic (exact) mass is 326 g/mol. The molecule has 0 aliphatic heterocycles. The number of carbonyl (C=O) groups is 1. The Morgan fingerprint density at radius 3 is 2.79 bits per heavy atom. The second-order valence-electron chi connectivity index (χ2n) is 5.29. The first-order valence-corrected chi connectivity index (χ1v) is 7.40. The number of methoxy groups -OCH3 is 2. The number of ether oxygens (including phenoxy) is 2. The van der Waals surface area contributed by atoms with E-state index in [0.717, 1.165) is 16.5 Å². The van der Waals surface area contributed by atoms with Crippen LogP contribution in [0.1, 0.15) is 5.56 Å². The van der Waals surface area contributed by atoms with E-state index >= 15 is 0 Å². The highest BCUT2D eigenvalue weighted by atomic mass is 16.5. The fraction of sp³-hybridized carbons (Fsp3) is 0.235. The zero-order valence-electron chi connectivity index (χ0n) is 13.7. The molecule has 0 aliphatic carbocycles. The predicted octanol–water partition coefficient (Wildman–Crippen LogP) is 2.17. The summed E-state index contributed by atoms with van der Waals surface area (Å²) in [6.07, 6.45) is 3.67. The quantitative estimate of drug-likeness (QED) is 0.777. The van der Waals surface area contributed by atoms with Gasteiger partial charge < -0.3 is 19.4 Å². The number of benzene rings is 1. The van der Waals surface area contributed by atoms with E-state index in [1.54, 1.807) is 0 Å². The second-order valence-corrected chi connectivity index (χ2v) is 5.29. The van der Waals surface area contributed by atoms with Crippen molar-refractivity contribution in [3.63, 3.8) is 0 Å². The average molecular weight is 326 g/mol. The van der Waals surface area contributed by atoms with Crippen LogP contribution < -0.4 is 14.8 Å². The Morgan fingerprint density at radius 2 is 2.04 bits per heavy atom. The van der Waals surface area contributed by atoms with E-state index in [9.17, 15) is 4.79 Å². The number of aryl methyl sites for hydroxylation is 1. The summed E-state index contributed by atoms with van der Waals surface area (Å²) in [5.74, 6) is 0.0894. The van der Waals surface area contributed by atoms with Gasteiger partial charge in [-0.2, -0.15) is 4.98 Å². The van der Waals surface area contributed by atoms with Gasteiger partial charge in [-0.3, -0.25) is 4.79 Å². The molecule has 0 radical (unpaired) electrons. The summed E-state index contributed by atoms with van der Waals surface area (Å²) in [6.45, 7) is 0. The molecule has 2 aromatic heterocycles. The van der Waals surface area contributed by atoms with E-state index < -0.39 is 0 Å². The van der Waals surface area contributed by atoms with Crippen LogP contribution in [0.25, 0.3) is 10.9 Å². The lowest BCUT2D eigenvalue weighted by atomic mass is 10.1. The highest BCUT2D eigenvalue weighted by molar-refractivity contribution is 5.96. The maximum absolute atomic E-state index is 12.4. The van der Waals surface area contributed by atoms with E-state index in [0.29, 0.717) is 5.69 Å². The van der Waals surface area contributed by atoms with Crippen molar-refractivity contribution in [2.24, 2.45) is 7.05 Å². The molecule has 0 saturated heterocycles.